The number of benzene rings is 1. The lowest BCUT2D eigenvalue weighted by molar-refractivity contribution is -0.143. The zero-order valence-corrected chi connectivity index (χ0v) is 24.9. The third-order valence-corrected chi connectivity index (χ3v) is 12.5. The minimum atomic E-state index is -1.81. The van der Waals surface area contributed by atoms with Crippen molar-refractivity contribution in [3.8, 4) is 17.0 Å². The summed E-state index contributed by atoms with van der Waals surface area (Å²) in [6, 6.07) is 8.21. The highest BCUT2D eigenvalue weighted by atomic mass is 28.4. The number of aryl methyl sites for hydroxylation is 1. The number of hydrogen-bond acceptors (Lipinski definition) is 7. The van der Waals surface area contributed by atoms with Crippen molar-refractivity contribution in [1.29, 1.82) is 0 Å². The quantitative estimate of drug-likeness (QED) is 0.214. The average molecular weight is 552 g/mol. The molecule has 0 bridgehead atoms. The molecule has 0 unspecified atom stereocenters. The second-order valence-electron chi connectivity index (χ2n) is 11.9. The summed E-state index contributed by atoms with van der Waals surface area (Å²) < 4.78 is 14.0. The standard InChI is InChI=1S/C29H41N5O4Si/c1-20-15-22(23-18-31-34(19-23)25-9-7-21(8-10-25)27(35)36)17-24(16-20)32-28-30-12-11-26(33-28)37-13-14-38-39(5,6)29(2,3)4/h11-12,15-19,21,25H,7-10,13-14H2,1-6H3,(H,35,36)(H,30,32,33). The molecule has 0 amide bonds. The van der Waals surface area contributed by atoms with Gasteiger partial charge in [0.05, 0.1) is 24.8 Å². The molecule has 1 aliphatic carbocycles. The molecule has 4 rings (SSSR count). The Morgan fingerprint density at radius 3 is 2.56 bits per heavy atom. The first-order valence-corrected chi connectivity index (χ1v) is 16.6. The Morgan fingerprint density at radius 2 is 1.87 bits per heavy atom. The number of hydrogen-bond donors (Lipinski definition) is 2. The first kappa shape index (κ1) is 28.8. The van der Waals surface area contributed by atoms with Crippen LogP contribution in [0.4, 0.5) is 11.6 Å². The van der Waals surface area contributed by atoms with Gasteiger partial charge >= 0.3 is 5.97 Å². The molecule has 2 heterocycles. The highest BCUT2D eigenvalue weighted by molar-refractivity contribution is 6.74. The number of carboxylic acid groups (broad SMARTS) is 1. The number of ether oxygens (including phenoxy) is 1. The van der Waals surface area contributed by atoms with Gasteiger partial charge in [0.15, 0.2) is 8.32 Å². The molecule has 39 heavy (non-hydrogen) atoms. The molecule has 1 saturated carbocycles. The topological polar surface area (TPSA) is 111 Å². The molecule has 0 saturated heterocycles. The van der Waals surface area contributed by atoms with Crippen LogP contribution in [0.2, 0.25) is 18.1 Å². The van der Waals surface area contributed by atoms with Gasteiger partial charge in [-0.1, -0.05) is 26.8 Å². The van der Waals surface area contributed by atoms with Gasteiger partial charge in [0.2, 0.25) is 11.8 Å². The summed E-state index contributed by atoms with van der Waals surface area (Å²) in [5, 5.41) is 17.3. The number of aliphatic carboxylic acids is 1. The fraction of sp³-hybridized carbons (Fsp3) is 0.517. The van der Waals surface area contributed by atoms with E-state index < -0.39 is 14.3 Å². The van der Waals surface area contributed by atoms with E-state index in [-0.39, 0.29) is 17.0 Å². The predicted octanol–water partition coefficient (Wildman–Crippen LogP) is 6.61. The molecule has 1 fully saturated rings. The van der Waals surface area contributed by atoms with Gasteiger partial charge in [0, 0.05) is 29.7 Å². The molecule has 0 aliphatic heterocycles. The maximum absolute atomic E-state index is 11.3. The molecule has 1 aliphatic rings. The second-order valence-corrected chi connectivity index (χ2v) is 16.8. The van der Waals surface area contributed by atoms with Crippen LogP contribution in [0.25, 0.3) is 11.1 Å². The van der Waals surface area contributed by atoms with Crippen molar-refractivity contribution >= 4 is 25.9 Å². The van der Waals surface area contributed by atoms with Crippen LogP contribution in [0.5, 0.6) is 5.88 Å². The Kier molecular flexibility index (Phi) is 8.75. The summed E-state index contributed by atoms with van der Waals surface area (Å²) in [7, 11) is -1.81. The first-order valence-electron chi connectivity index (χ1n) is 13.7. The summed E-state index contributed by atoms with van der Waals surface area (Å²) in [4.78, 5) is 20.2. The predicted molar refractivity (Wildman–Crippen MR) is 155 cm³/mol. The highest BCUT2D eigenvalue weighted by Gasteiger charge is 2.37. The SMILES string of the molecule is Cc1cc(Nc2nccc(OCCO[Si](C)(C)C(C)(C)C)n2)cc(-c2cnn(C3CCC(C(=O)O)CC3)c2)c1. The highest BCUT2D eigenvalue weighted by Crippen LogP contribution is 2.36. The van der Waals surface area contributed by atoms with Crippen molar-refractivity contribution in [3.63, 3.8) is 0 Å². The lowest BCUT2D eigenvalue weighted by atomic mass is 9.86. The van der Waals surface area contributed by atoms with Crippen LogP contribution < -0.4 is 10.1 Å². The van der Waals surface area contributed by atoms with Gasteiger partial charge in [-0.25, -0.2) is 4.98 Å². The maximum Gasteiger partial charge on any atom is 0.306 e. The normalized spacial score (nSPS) is 18.1. The van der Waals surface area contributed by atoms with Crippen LogP contribution in [0, 0.1) is 12.8 Å². The molecule has 210 valence electrons. The minimum Gasteiger partial charge on any atom is -0.481 e. The van der Waals surface area contributed by atoms with Gasteiger partial charge in [-0.05, 0) is 74.0 Å². The van der Waals surface area contributed by atoms with Crippen molar-refractivity contribution in [2.24, 2.45) is 5.92 Å². The number of nitrogens with one attached hydrogen (secondary N) is 1. The van der Waals surface area contributed by atoms with E-state index in [0.717, 1.165) is 35.2 Å². The molecular weight excluding hydrogens is 510 g/mol. The fourth-order valence-electron chi connectivity index (χ4n) is 4.57. The van der Waals surface area contributed by atoms with Gasteiger partial charge in [-0.3, -0.25) is 9.48 Å². The van der Waals surface area contributed by atoms with E-state index in [2.05, 4.69) is 79.5 Å². The molecule has 3 aromatic rings. The van der Waals surface area contributed by atoms with Crippen LogP contribution in [0.1, 0.15) is 58.1 Å². The lowest BCUT2D eigenvalue weighted by Crippen LogP contribution is -2.41. The molecule has 2 N–H and O–H groups in total. The molecule has 0 radical (unpaired) electrons. The molecule has 9 nitrogen and oxygen atoms in total. The lowest BCUT2D eigenvalue weighted by Gasteiger charge is -2.36. The Balaban J connectivity index is 1.38. The van der Waals surface area contributed by atoms with Gasteiger partial charge in [0.1, 0.15) is 6.61 Å². The number of nitrogens with zero attached hydrogens (tertiary/aromatic N) is 4. The average Bonchev–Trinajstić information content (AvgIpc) is 3.36. The Labute approximate surface area is 232 Å². The van der Waals surface area contributed by atoms with Crippen molar-refractivity contribution in [3.05, 3.63) is 48.4 Å². The molecule has 0 atom stereocenters. The summed E-state index contributed by atoms with van der Waals surface area (Å²) in [6.07, 6.45) is 8.66. The summed E-state index contributed by atoms with van der Waals surface area (Å²) >= 11 is 0. The van der Waals surface area contributed by atoms with Crippen LogP contribution in [-0.2, 0) is 9.22 Å². The van der Waals surface area contributed by atoms with Crippen LogP contribution in [-0.4, -0.2) is 52.4 Å². The monoisotopic (exact) mass is 551 g/mol. The molecular formula is C29H41N5O4Si. The Morgan fingerprint density at radius 1 is 1.13 bits per heavy atom. The second kappa shape index (κ2) is 11.9. The van der Waals surface area contributed by atoms with Crippen LogP contribution >= 0.6 is 0 Å². The van der Waals surface area contributed by atoms with Crippen molar-refractivity contribution < 1.29 is 19.1 Å². The van der Waals surface area contributed by atoms with Gasteiger partial charge < -0.3 is 19.6 Å². The van der Waals surface area contributed by atoms with E-state index in [4.69, 9.17) is 9.16 Å². The van der Waals surface area contributed by atoms with E-state index in [1.54, 1.807) is 12.3 Å². The maximum atomic E-state index is 11.3. The third-order valence-electron chi connectivity index (χ3n) is 7.92. The van der Waals surface area contributed by atoms with Crippen LogP contribution in [0.3, 0.4) is 0 Å². The van der Waals surface area contributed by atoms with E-state index in [1.165, 1.54) is 0 Å². The van der Waals surface area contributed by atoms with Gasteiger partial charge in [-0.2, -0.15) is 10.1 Å². The van der Waals surface area contributed by atoms with E-state index in [1.807, 2.05) is 16.9 Å². The van der Waals surface area contributed by atoms with Crippen molar-refractivity contribution in [1.82, 2.24) is 19.7 Å². The van der Waals surface area contributed by atoms with Gasteiger partial charge in [-0.15, -0.1) is 0 Å². The minimum absolute atomic E-state index is 0.159. The van der Waals surface area contributed by atoms with Gasteiger partial charge in [0.25, 0.3) is 0 Å². The summed E-state index contributed by atoms with van der Waals surface area (Å²) in [5.74, 6) is 0.0351. The van der Waals surface area contributed by atoms with E-state index in [9.17, 15) is 9.90 Å². The Bertz CT molecular complexity index is 1280. The number of anilines is 2. The van der Waals surface area contributed by atoms with E-state index >= 15 is 0 Å². The molecule has 1 aromatic carbocycles. The first-order chi connectivity index (χ1) is 18.4. The zero-order valence-electron chi connectivity index (χ0n) is 23.9. The smallest absolute Gasteiger partial charge is 0.306 e. The van der Waals surface area contributed by atoms with Crippen molar-refractivity contribution in [2.75, 3.05) is 18.5 Å². The molecule has 10 heteroatoms. The fourth-order valence-corrected chi connectivity index (χ4v) is 5.59. The molecule has 2 aromatic heterocycles. The third kappa shape index (κ3) is 7.45. The zero-order chi connectivity index (χ0) is 28.2. The largest absolute Gasteiger partial charge is 0.481 e. The van der Waals surface area contributed by atoms with E-state index in [0.29, 0.717) is 37.9 Å². The summed E-state index contributed by atoms with van der Waals surface area (Å²) in [5.41, 5.74) is 4.03. The number of rotatable bonds is 10. The number of aromatic nitrogens is 4. The molecule has 0 spiro atoms. The van der Waals surface area contributed by atoms with Crippen LogP contribution in [0.15, 0.2) is 42.9 Å². The number of carboxylic acids is 1. The van der Waals surface area contributed by atoms with Crippen molar-refractivity contribution in [2.45, 2.75) is 77.6 Å². The summed E-state index contributed by atoms with van der Waals surface area (Å²) in [6.45, 7) is 14.1. The number of carbonyl (C=O) groups is 1. The Hall–Kier alpha value is -3.24.